The molecule has 0 fully saturated rings. The lowest BCUT2D eigenvalue weighted by molar-refractivity contribution is -0.116. The van der Waals surface area contributed by atoms with Gasteiger partial charge in [-0.25, -0.2) is 13.6 Å². The number of H-pyrrole nitrogens is 1. The molecule has 0 aliphatic rings. The third-order valence-electron chi connectivity index (χ3n) is 5.02. The predicted molar refractivity (Wildman–Crippen MR) is 112 cm³/mol. The van der Waals surface area contributed by atoms with E-state index in [1.165, 1.54) is 12.1 Å². The quantitative estimate of drug-likeness (QED) is 0.395. The Morgan fingerprint density at radius 1 is 1.16 bits per heavy atom. The second-order valence-corrected chi connectivity index (χ2v) is 7.10. The summed E-state index contributed by atoms with van der Waals surface area (Å²) < 4.78 is 33.3. The summed E-state index contributed by atoms with van der Waals surface area (Å²) in [5.74, 6) is -2.69. The van der Waals surface area contributed by atoms with Gasteiger partial charge in [0.15, 0.2) is 0 Å². The Bertz CT molecular complexity index is 1350. The lowest BCUT2D eigenvalue weighted by Crippen LogP contribution is -2.23. The number of amides is 1. The molecule has 0 atom stereocenters. The van der Waals surface area contributed by atoms with E-state index in [0.29, 0.717) is 34.2 Å². The van der Waals surface area contributed by atoms with Crippen LogP contribution in [0.2, 0.25) is 0 Å². The first-order chi connectivity index (χ1) is 14.8. The highest BCUT2D eigenvalue weighted by Crippen LogP contribution is 2.27. The van der Waals surface area contributed by atoms with E-state index in [1.54, 1.807) is 31.2 Å². The van der Waals surface area contributed by atoms with Gasteiger partial charge in [0.25, 0.3) is 0 Å². The molecule has 0 aliphatic carbocycles. The Morgan fingerprint density at radius 3 is 2.71 bits per heavy atom. The van der Waals surface area contributed by atoms with E-state index in [2.05, 4.69) is 10.3 Å². The Labute approximate surface area is 175 Å². The van der Waals surface area contributed by atoms with Crippen LogP contribution in [0.4, 0.5) is 8.78 Å². The number of carbonyl (C=O) groups excluding carboxylic acids is 1. The van der Waals surface area contributed by atoms with Gasteiger partial charge in [-0.3, -0.25) is 4.79 Å². The van der Waals surface area contributed by atoms with Crippen molar-refractivity contribution in [2.45, 2.75) is 13.3 Å². The van der Waals surface area contributed by atoms with Crippen LogP contribution in [0.15, 0.2) is 46.9 Å². The first-order valence-electron chi connectivity index (χ1n) is 9.51. The minimum atomic E-state index is -1.15. The molecule has 2 heterocycles. The summed E-state index contributed by atoms with van der Waals surface area (Å²) in [5, 5.41) is 12.5. The maximum absolute atomic E-state index is 14.2. The smallest absolute Gasteiger partial charge is 0.371 e. The molecule has 0 saturated carbocycles. The number of halogens is 2. The average Bonchev–Trinajstić information content (AvgIpc) is 3.31. The molecule has 8 heteroatoms. The number of carbonyl (C=O) groups is 2. The van der Waals surface area contributed by atoms with Crippen LogP contribution in [0.3, 0.4) is 0 Å². The van der Waals surface area contributed by atoms with Crippen LogP contribution in [0.5, 0.6) is 0 Å². The van der Waals surface area contributed by atoms with Gasteiger partial charge >= 0.3 is 5.97 Å². The Balaban J connectivity index is 1.41. The lowest BCUT2D eigenvalue weighted by atomic mass is 10.1. The number of hydrogen-bond acceptors (Lipinski definition) is 3. The molecule has 4 aromatic rings. The van der Waals surface area contributed by atoms with E-state index in [0.717, 1.165) is 12.1 Å². The molecule has 6 nitrogen and oxygen atoms in total. The lowest BCUT2D eigenvalue weighted by Gasteiger charge is -2.04. The summed E-state index contributed by atoms with van der Waals surface area (Å²) in [6, 6.07) is 8.63. The molecule has 2 aromatic carbocycles. The van der Waals surface area contributed by atoms with Crippen molar-refractivity contribution in [3.05, 3.63) is 76.7 Å². The molecule has 0 saturated heterocycles. The number of carboxylic acid groups (broad SMARTS) is 1. The molecule has 1 amide bonds. The van der Waals surface area contributed by atoms with E-state index < -0.39 is 17.6 Å². The first-order valence-corrected chi connectivity index (χ1v) is 9.51. The van der Waals surface area contributed by atoms with Gasteiger partial charge in [0.1, 0.15) is 17.2 Å². The van der Waals surface area contributed by atoms with Gasteiger partial charge in [0.05, 0.1) is 5.52 Å². The van der Waals surface area contributed by atoms with Crippen LogP contribution in [0.25, 0.3) is 27.9 Å². The average molecular weight is 424 g/mol. The van der Waals surface area contributed by atoms with Crippen molar-refractivity contribution < 1.29 is 27.9 Å². The van der Waals surface area contributed by atoms with E-state index in [1.807, 2.05) is 0 Å². The van der Waals surface area contributed by atoms with E-state index in [9.17, 15) is 18.4 Å². The Hall–Kier alpha value is -3.94. The minimum absolute atomic E-state index is 0.124. The SMILES string of the molecule is Cc1[nH]c2c(F)ccc(F)c2c1CCNC(=O)C=Cc1ccc2oc(C(=O)O)cc2c1. The number of hydrogen-bond donors (Lipinski definition) is 3. The second-order valence-electron chi connectivity index (χ2n) is 7.10. The van der Waals surface area contributed by atoms with E-state index in [-0.39, 0.29) is 29.1 Å². The number of fused-ring (bicyclic) bond motifs is 2. The van der Waals surface area contributed by atoms with Gasteiger partial charge in [0.2, 0.25) is 11.7 Å². The van der Waals surface area contributed by atoms with Gasteiger partial charge in [-0.05, 0) is 60.9 Å². The maximum Gasteiger partial charge on any atom is 0.371 e. The maximum atomic E-state index is 14.2. The normalized spacial score (nSPS) is 11.6. The fraction of sp³-hybridized carbons (Fsp3) is 0.130. The molecule has 4 rings (SSSR count). The third kappa shape index (κ3) is 4.05. The summed E-state index contributed by atoms with van der Waals surface area (Å²) >= 11 is 0. The van der Waals surface area contributed by atoms with Crippen molar-refractivity contribution in [2.75, 3.05) is 6.54 Å². The van der Waals surface area contributed by atoms with E-state index >= 15 is 0 Å². The molecular formula is C23H18F2N2O4. The fourth-order valence-electron chi connectivity index (χ4n) is 3.54. The van der Waals surface area contributed by atoms with Gasteiger partial charge < -0.3 is 19.8 Å². The van der Waals surface area contributed by atoms with Crippen LogP contribution in [0, 0.1) is 18.6 Å². The monoisotopic (exact) mass is 424 g/mol. The van der Waals surface area contributed by atoms with E-state index in [4.69, 9.17) is 9.52 Å². The van der Waals surface area contributed by atoms with Crippen molar-refractivity contribution in [1.82, 2.24) is 10.3 Å². The zero-order chi connectivity index (χ0) is 22.1. The van der Waals surface area contributed by atoms with Crippen molar-refractivity contribution >= 4 is 39.8 Å². The molecule has 2 aromatic heterocycles. The molecule has 0 spiro atoms. The number of aromatic amines is 1. The van der Waals surface area contributed by atoms with Crippen molar-refractivity contribution in [1.29, 1.82) is 0 Å². The van der Waals surface area contributed by atoms with Crippen LogP contribution in [0.1, 0.15) is 27.4 Å². The summed E-state index contributed by atoms with van der Waals surface area (Å²) in [4.78, 5) is 26.0. The molecule has 31 heavy (non-hydrogen) atoms. The summed E-state index contributed by atoms with van der Waals surface area (Å²) in [7, 11) is 0. The number of carboxylic acids is 1. The Morgan fingerprint density at radius 2 is 1.94 bits per heavy atom. The number of nitrogens with one attached hydrogen (secondary N) is 2. The van der Waals surface area contributed by atoms with Crippen molar-refractivity contribution in [3.63, 3.8) is 0 Å². The van der Waals surface area contributed by atoms with Crippen LogP contribution in [-0.4, -0.2) is 28.5 Å². The van der Waals surface area contributed by atoms with Gasteiger partial charge in [-0.2, -0.15) is 0 Å². The summed E-state index contributed by atoms with van der Waals surface area (Å²) in [6.07, 6.45) is 3.28. The summed E-state index contributed by atoms with van der Waals surface area (Å²) in [5.41, 5.74) is 2.54. The topological polar surface area (TPSA) is 95.3 Å². The van der Waals surface area contributed by atoms with Gasteiger partial charge in [0, 0.05) is 29.1 Å². The Kier molecular flexibility index (Phi) is 5.29. The van der Waals surface area contributed by atoms with Gasteiger partial charge in [-0.15, -0.1) is 0 Å². The number of rotatable bonds is 6. The minimum Gasteiger partial charge on any atom is -0.475 e. The first kappa shape index (κ1) is 20.3. The molecule has 0 radical (unpaired) electrons. The standard InChI is InChI=1S/C23H18F2N2O4/c1-12-15(21-16(24)4-5-17(25)22(21)27-12)8-9-26-20(28)7-3-13-2-6-18-14(10-13)11-19(31-18)23(29)30/h2-7,10-11,27H,8-9H2,1H3,(H,26,28)(H,29,30). The second kappa shape index (κ2) is 8.06. The molecule has 0 aliphatic heterocycles. The number of aryl methyl sites for hydroxylation is 1. The number of furan rings is 1. The summed E-state index contributed by atoms with van der Waals surface area (Å²) in [6.45, 7) is 1.98. The van der Waals surface area contributed by atoms with Crippen molar-refractivity contribution in [2.24, 2.45) is 0 Å². The number of aromatic carboxylic acids is 1. The highest BCUT2D eigenvalue weighted by Gasteiger charge is 2.15. The number of benzene rings is 2. The highest BCUT2D eigenvalue weighted by molar-refractivity contribution is 5.94. The van der Waals surface area contributed by atoms with Gasteiger partial charge in [-0.1, -0.05) is 6.07 Å². The predicted octanol–water partition coefficient (Wildman–Crippen LogP) is 4.57. The third-order valence-corrected chi connectivity index (χ3v) is 5.02. The fourth-order valence-corrected chi connectivity index (χ4v) is 3.54. The molecule has 0 unspecified atom stereocenters. The van der Waals surface area contributed by atoms with Crippen LogP contribution < -0.4 is 5.32 Å². The zero-order valence-corrected chi connectivity index (χ0v) is 16.5. The van der Waals surface area contributed by atoms with Crippen LogP contribution >= 0.6 is 0 Å². The molecule has 0 bridgehead atoms. The number of aromatic nitrogens is 1. The molecular weight excluding hydrogens is 406 g/mol. The molecule has 158 valence electrons. The van der Waals surface area contributed by atoms with Crippen molar-refractivity contribution in [3.8, 4) is 0 Å². The largest absolute Gasteiger partial charge is 0.475 e. The van der Waals surface area contributed by atoms with Crippen LogP contribution in [-0.2, 0) is 11.2 Å². The molecule has 3 N–H and O–H groups in total. The zero-order valence-electron chi connectivity index (χ0n) is 16.5. The highest BCUT2D eigenvalue weighted by atomic mass is 19.1.